The topological polar surface area (TPSA) is 45.4 Å². The summed E-state index contributed by atoms with van der Waals surface area (Å²) in [5.41, 5.74) is 4.01. The second-order valence-corrected chi connectivity index (χ2v) is 8.52. The Hall–Kier alpha value is -1.79. The molecule has 3 aromatic rings. The van der Waals surface area contributed by atoms with Crippen molar-refractivity contribution >= 4 is 52.2 Å². The third-order valence-electron chi connectivity index (χ3n) is 5.63. The number of rotatable bonds is 3. The van der Waals surface area contributed by atoms with Crippen LogP contribution in [0.4, 0.5) is 0 Å². The Bertz CT molecular complexity index is 1210. The van der Waals surface area contributed by atoms with E-state index >= 15 is 0 Å². The number of aromatic nitrogens is 2. The Morgan fingerprint density at radius 3 is 2.34 bits per heavy atom. The third kappa shape index (κ3) is 2.51. The number of methoxy groups -OCH3 is 2. The molecule has 4 heterocycles. The van der Waals surface area contributed by atoms with Crippen molar-refractivity contribution in [2.24, 2.45) is 0 Å². The summed E-state index contributed by atoms with van der Waals surface area (Å²) in [6.45, 7) is 0.504. The first-order valence-corrected chi connectivity index (χ1v) is 10.3. The van der Waals surface area contributed by atoms with Crippen LogP contribution in [0.3, 0.4) is 0 Å². The van der Waals surface area contributed by atoms with Gasteiger partial charge in [0.15, 0.2) is 5.78 Å². The SMILES string of the molecule is COc1cc2c(c(OC)c1C1CC(=O)c3cc(Cl)c(Cl)n31)Cn1c-2cc(Cl)c1Cl. The van der Waals surface area contributed by atoms with Gasteiger partial charge < -0.3 is 18.6 Å². The van der Waals surface area contributed by atoms with Crippen molar-refractivity contribution in [1.29, 1.82) is 0 Å². The minimum absolute atomic E-state index is 0.0329. The zero-order valence-electron chi connectivity index (χ0n) is 15.4. The molecule has 5 rings (SSSR count). The standard InChI is InChI=1S/C20H14Cl4N2O3/c1-28-16-3-8-9(7-25-12(8)4-10(21)19(25)23)18(29-2)17(16)14-6-15(27)13-5-11(22)20(24)26(13)14/h3-5,14H,6-7H2,1-2H3. The minimum atomic E-state index is -0.383. The van der Waals surface area contributed by atoms with Gasteiger partial charge in [0.25, 0.3) is 0 Å². The van der Waals surface area contributed by atoms with Crippen molar-refractivity contribution in [3.05, 3.63) is 55.4 Å². The zero-order chi connectivity index (χ0) is 20.6. The van der Waals surface area contributed by atoms with Gasteiger partial charge in [-0.15, -0.1) is 0 Å². The molecule has 1 unspecified atom stereocenters. The Morgan fingerprint density at radius 2 is 1.66 bits per heavy atom. The molecule has 1 aromatic carbocycles. The number of hydrogen-bond acceptors (Lipinski definition) is 3. The van der Waals surface area contributed by atoms with E-state index in [0.717, 1.165) is 22.4 Å². The fourth-order valence-corrected chi connectivity index (χ4v) is 5.28. The number of carbonyl (C=O) groups excluding carboxylic acids is 1. The van der Waals surface area contributed by atoms with Crippen LogP contribution in [0.25, 0.3) is 11.3 Å². The molecule has 0 spiro atoms. The number of halogens is 4. The van der Waals surface area contributed by atoms with Crippen LogP contribution in [-0.4, -0.2) is 29.1 Å². The molecule has 9 heteroatoms. The van der Waals surface area contributed by atoms with Crippen LogP contribution in [0.15, 0.2) is 18.2 Å². The maximum atomic E-state index is 12.6. The van der Waals surface area contributed by atoms with Crippen molar-refractivity contribution in [1.82, 2.24) is 9.13 Å². The van der Waals surface area contributed by atoms with Gasteiger partial charge >= 0.3 is 0 Å². The molecule has 0 bridgehead atoms. The first-order chi connectivity index (χ1) is 13.9. The Labute approximate surface area is 186 Å². The first-order valence-electron chi connectivity index (χ1n) is 8.79. The maximum Gasteiger partial charge on any atom is 0.181 e. The van der Waals surface area contributed by atoms with Crippen LogP contribution in [0, 0.1) is 0 Å². The number of fused-ring (bicyclic) bond motifs is 4. The van der Waals surface area contributed by atoms with Crippen LogP contribution in [0.5, 0.6) is 11.5 Å². The molecular formula is C20H14Cl4N2O3. The predicted molar refractivity (Wildman–Crippen MR) is 114 cm³/mol. The molecule has 5 nitrogen and oxygen atoms in total. The molecule has 0 fully saturated rings. The summed E-state index contributed by atoms with van der Waals surface area (Å²) in [5.74, 6) is 1.20. The van der Waals surface area contributed by atoms with E-state index in [1.165, 1.54) is 0 Å². The van der Waals surface area contributed by atoms with Gasteiger partial charge in [-0.05, 0) is 18.2 Å². The van der Waals surface area contributed by atoms with Gasteiger partial charge in [0.2, 0.25) is 0 Å². The summed E-state index contributed by atoms with van der Waals surface area (Å²) in [5, 5.41) is 1.63. The van der Waals surface area contributed by atoms with Crippen LogP contribution in [0.2, 0.25) is 20.4 Å². The zero-order valence-corrected chi connectivity index (χ0v) is 18.4. The van der Waals surface area contributed by atoms with E-state index in [9.17, 15) is 4.79 Å². The largest absolute Gasteiger partial charge is 0.496 e. The van der Waals surface area contributed by atoms with Crippen molar-refractivity contribution in [3.63, 3.8) is 0 Å². The number of carbonyl (C=O) groups is 1. The van der Waals surface area contributed by atoms with E-state index in [1.807, 2.05) is 16.7 Å². The smallest absolute Gasteiger partial charge is 0.181 e. The summed E-state index contributed by atoms with van der Waals surface area (Å²) in [6.07, 6.45) is 0.247. The highest BCUT2D eigenvalue weighted by molar-refractivity contribution is 6.42. The Balaban J connectivity index is 1.76. The molecule has 2 aliphatic rings. The number of nitrogens with zero attached hydrogens (tertiary/aromatic N) is 2. The molecule has 2 aromatic heterocycles. The molecule has 0 N–H and O–H groups in total. The number of hydrogen-bond donors (Lipinski definition) is 0. The van der Waals surface area contributed by atoms with Gasteiger partial charge in [0.05, 0.1) is 53.8 Å². The average Bonchev–Trinajstić information content (AvgIpc) is 3.39. The van der Waals surface area contributed by atoms with E-state index in [4.69, 9.17) is 55.9 Å². The van der Waals surface area contributed by atoms with Gasteiger partial charge in [-0.2, -0.15) is 0 Å². The highest BCUT2D eigenvalue weighted by atomic mass is 35.5. The molecule has 0 saturated heterocycles. The normalized spacial score (nSPS) is 16.8. The lowest BCUT2D eigenvalue weighted by Gasteiger charge is -2.23. The van der Waals surface area contributed by atoms with Crippen LogP contribution in [-0.2, 0) is 6.54 Å². The highest BCUT2D eigenvalue weighted by Crippen LogP contribution is 2.52. The van der Waals surface area contributed by atoms with Crippen molar-refractivity contribution in [2.75, 3.05) is 14.2 Å². The van der Waals surface area contributed by atoms with Gasteiger partial charge in [0.1, 0.15) is 21.8 Å². The number of Topliss-reactive ketones (excluding diaryl/α,β-unsaturated/α-hetero) is 1. The molecule has 0 saturated carbocycles. The first kappa shape index (κ1) is 19.2. The molecule has 0 amide bonds. The van der Waals surface area contributed by atoms with Gasteiger partial charge in [0, 0.05) is 17.5 Å². The van der Waals surface area contributed by atoms with Crippen LogP contribution < -0.4 is 9.47 Å². The van der Waals surface area contributed by atoms with Crippen molar-refractivity contribution in [3.8, 4) is 22.8 Å². The number of ether oxygens (including phenoxy) is 2. The number of ketones is 1. The van der Waals surface area contributed by atoms with Crippen molar-refractivity contribution < 1.29 is 14.3 Å². The Morgan fingerprint density at radius 1 is 0.966 bits per heavy atom. The maximum absolute atomic E-state index is 12.6. The molecular weight excluding hydrogens is 458 g/mol. The lowest BCUT2D eigenvalue weighted by molar-refractivity contribution is 0.0991. The fourth-order valence-electron chi connectivity index (χ4n) is 4.42. The van der Waals surface area contributed by atoms with E-state index < -0.39 is 0 Å². The van der Waals surface area contributed by atoms with Gasteiger partial charge in [-0.3, -0.25) is 4.79 Å². The van der Waals surface area contributed by atoms with Crippen molar-refractivity contribution in [2.45, 2.75) is 19.0 Å². The second kappa shape index (κ2) is 6.61. The highest BCUT2D eigenvalue weighted by Gasteiger charge is 2.39. The summed E-state index contributed by atoms with van der Waals surface area (Å²) in [6, 6.07) is 4.98. The molecule has 2 aliphatic heterocycles. The van der Waals surface area contributed by atoms with E-state index in [0.29, 0.717) is 44.1 Å². The van der Waals surface area contributed by atoms with Crippen LogP contribution >= 0.6 is 46.4 Å². The molecule has 0 radical (unpaired) electrons. The predicted octanol–water partition coefficient (Wildman–Crippen LogP) is 6.12. The van der Waals surface area contributed by atoms with Crippen LogP contribution in [0.1, 0.15) is 34.1 Å². The molecule has 0 aliphatic carbocycles. The lowest BCUT2D eigenvalue weighted by Crippen LogP contribution is -2.11. The lowest BCUT2D eigenvalue weighted by atomic mass is 9.95. The molecule has 150 valence electrons. The Kier molecular flexibility index (Phi) is 4.37. The monoisotopic (exact) mass is 470 g/mol. The molecule has 1 atom stereocenters. The van der Waals surface area contributed by atoms with Gasteiger partial charge in [-0.25, -0.2) is 0 Å². The quantitative estimate of drug-likeness (QED) is 0.361. The second-order valence-electron chi connectivity index (χ2n) is 6.99. The van der Waals surface area contributed by atoms with E-state index in [2.05, 4.69) is 0 Å². The summed E-state index contributed by atoms with van der Waals surface area (Å²) >= 11 is 25.2. The summed E-state index contributed by atoms with van der Waals surface area (Å²) in [4.78, 5) is 12.6. The molecule has 29 heavy (non-hydrogen) atoms. The third-order valence-corrected chi connectivity index (χ3v) is 7.19. The summed E-state index contributed by atoms with van der Waals surface area (Å²) in [7, 11) is 3.18. The fraction of sp³-hybridized carbons (Fsp3) is 0.250. The van der Waals surface area contributed by atoms with E-state index in [1.54, 1.807) is 24.9 Å². The minimum Gasteiger partial charge on any atom is -0.496 e. The summed E-state index contributed by atoms with van der Waals surface area (Å²) < 4.78 is 15.2. The average molecular weight is 472 g/mol. The van der Waals surface area contributed by atoms with E-state index in [-0.39, 0.29) is 18.2 Å². The van der Waals surface area contributed by atoms with Gasteiger partial charge in [-0.1, -0.05) is 46.4 Å². The number of benzene rings is 1.